The molecule has 2 rings (SSSR count). The lowest BCUT2D eigenvalue weighted by Crippen LogP contribution is -2.15. The van der Waals surface area contributed by atoms with Gasteiger partial charge < -0.3 is 5.73 Å². The molecule has 0 bridgehead atoms. The van der Waals surface area contributed by atoms with Gasteiger partial charge >= 0.3 is 0 Å². The molecule has 1 aromatic heterocycles. The number of aromatic nitrogens is 2. The summed E-state index contributed by atoms with van der Waals surface area (Å²) in [6.45, 7) is 3.55. The first-order valence-corrected chi connectivity index (χ1v) is 7.19. The van der Waals surface area contributed by atoms with Crippen molar-refractivity contribution in [3.8, 4) is 0 Å². The van der Waals surface area contributed by atoms with Crippen molar-refractivity contribution >= 4 is 21.4 Å². The van der Waals surface area contributed by atoms with Gasteiger partial charge in [0, 0.05) is 7.05 Å². The SMILES string of the molecule is Cc1nn(C)c(C)c1NS(=O)(=O)c1ccccc1N. The largest absolute Gasteiger partial charge is 0.398 e. The van der Waals surface area contributed by atoms with Gasteiger partial charge in [-0.1, -0.05) is 12.1 Å². The summed E-state index contributed by atoms with van der Waals surface area (Å²) in [5, 5.41) is 4.17. The Morgan fingerprint density at radius 3 is 2.42 bits per heavy atom. The zero-order valence-corrected chi connectivity index (χ0v) is 11.8. The standard InChI is InChI=1S/C12H16N4O2S/c1-8-12(9(2)16(3)14-8)15-19(17,18)11-7-5-4-6-10(11)13/h4-7,15H,13H2,1-3H3. The molecule has 2 aromatic rings. The second kappa shape index (κ2) is 4.58. The zero-order chi connectivity index (χ0) is 14.2. The molecule has 19 heavy (non-hydrogen) atoms. The monoisotopic (exact) mass is 280 g/mol. The molecule has 0 aliphatic carbocycles. The minimum absolute atomic E-state index is 0.0673. The molecule has 0 atom stereocenters. The van der Waals surface area contributed by atoms with Crippen LogP contribution in [-0.4, -0.2) is 18.2 Å². The summed E-state index contributed by atoms with van der Waals surface area (Å²) in [7, 11) is -1.94. The number of nitrogens with zero attached hydrogens (tertiary/aromatic N) is 2. The first-order valence-electron chi connectivity index (χ1n) is 5.70. The Kier molecular flexibility index (Phi) is 3.23. The van der Waals surface area contributed by atoms with Crippen LogP contribution in [0.1, 0.15) is 11.4 Å². The van der Waals surface area contributed by atoms with Crippen LogP contribution in [0.3, 0.4) is 0 Å². The van der Waals surface area contributed by atoms with Crippen LogP contribution in [0.25, 0.3) is 0 Å². The first kappa shape index (κ1) is 13.4. The van der Waals surface area contributed by atoms with E-state index in [9.17, 15) is 8.42 Å². The van der Waals surface area contributed by atoms with Crippen molar-refractivity contribution in [1.82, 2.24) is 9.78 Å². The summed E-state index contributed by atoms with van der Waals surface area (Å²) in [5.74, 6) is 0. The van der Waals surface area contributed by atoms with E-state index in [0.29, 0.717) is 11.4 Å². The molecule has 0 saturated carbocycles. The van der Waals surface area contributed by atoms with E-state index in [0.717, 1.165) is 5.69 Å². The zero-order valence-electron chi connectivity index (χ0n) is 11.0. The van der Waals surface area contributed by atoms with Gasteiger partial charge in [0.2, 0.25) is 0 Å². The van der Waals surface area contributed by atoms with Crippen LogP contribution in [0.5, 0.6) is 0 Å². The maximum absolute atomic E-state index is 12.3. The van der Waals surface area contributed by atoms with E-state index in [4.69, 9.17) is 5.73 Å². The number of anilines is 2. The summed E-state index contributed by atoms with van der Waals surface area (Å²) >= 11 is 0. The predicted octanol–water partition coefficient (Wildman–Crippen LogP) is 1.42. The Morgan fingerprint density at radius 2 is 1.89 bits per heavy atom. The maximum Gasteiger partial charge on any atom is 0.264 e. The normalized spacial score (nSPS) is 11.5. The molecule has 0 unspecified atom stereocenters. The summed E-state index contributed by atoms with van der Waals surface area (Å²) in [6, 6.07) is 6.35. The number of hydrogen-bond acceptors (Lipinski definition) is 4. The number of rotatable bonds is 3. The molecule has 0 fully saturated rings. The van der Waals surface area contributed by atoms with E-state index in [1.807, 2.05) is 0 Å². The highest BCUT2D eigenvalue weighted by Crippen LogP contribution is 2.25. The third-order valence-corrected chi connectivity index (χ3v) is 4.38. The van der Waals surface area contributed by atoms with Crippen LogP contribution in [0.15, 0.2) is 29.2 Å². The minimum atomic E-state index is -3.70. The van der Waals surface area contributed by atoms with Gasteiger partial charge in [0.05, 0.1) is 22.8 Å². The van der Waals surface area contributed by atoms with Crippen molar-refractivity contribution < 1.29 is 8.42 Å². The predicted molar refractivity (Wildman–Crippen MR) is 74.3 cm³/mol. The molecule has 0 aliphatic rings. The molecule has 0 aliphatic heterocycles. The Morgan fingerprint density at radius 1 is 1.26 bits per heavy atom. The quantitative estimate of drug-likeness (QED) is 0.832. The molecular formula is C12H16N4O2S. The molecule has 6 nitrogen and oxygen atoms in total. The molecule has 0 saturated heterocycles. The first-order chi connectivity index (χ1) is 8.83. The van der Waals surface area contributed by atoms with Crippen LogP contribution >= 0.6 is 0 Å². The van der Waals surface area contributed by atoms with Gasteiger partial charge in [-0.05, 0) is 26.0 Å². The van der Waals surface area contributed by atoms with E-state index in [1.165, 1.54) is 6.07 Å². The van der Waals surface area contributed by atoms with E-state index in [1.54, 1.807) is 43.8 Å². The van der Waals surface area contributed by atoms with Crippen LogP contribution in [0.2, 0.25) is 0 Å². The number of nitrogen functional groups attached to an aromatic ring is 1. The van der Waals surface area contributed by atoms with Crippen molar-refractivity contribution in [1.29, 1.82) is 0 Å². The van der Waals surface area contributed by atoms with Crippen molar-refractivity contribution in [2.24, 2.45) is 7.05 Å². The van der Waals surface area contributed by atoms with Crippen LogP contribution in [0.4, 0.5) is 11.4 Å². The van der Waals surface area contributed by atoms with Crippen LogP contribution < -0.4 is 10.5 Å². The van der Waals surface area contributed by atoms with Crippen LogP contribution in [0, 0.1) is 13.8 Å². The fourth-order valence-electron chi connectivity index (χ4n) is 1.84. The minimum Gasteiger partial charge on any atom is -0.398 e. The number of aryl methyl sites for hydroxylation is 2. The summed E-state index contributed by atoms with van der Waals surface area (Å²) in [4.78, 5) is 0.0673. The van der Waals surface area contributed by atoms with Gasteiger partial charge in [-0.2, -0.15) is 5.10 Å². The van der Waals surface area contributed by atoms with Crippen molar-refractivity contribution in [2.75, 3.05) is 10.5 Å². The molecule has 1 heterocycles. The molecule has 0 spiro atoms. The lowest BCUT2D eigenvalue weighted by molar-refractivity contribution is 0.601. The smallest absolute Gasteiger partial charge is 0.264 e. The van der Waals surface area contributed by atoms with Gasteiger partial charge in [0.1, 0.15) is 4.90 Å². The van der Waals surface area contributed by atoms with Gasteiger partial charge in [-0.3, -0.25) is 9.40 Å². The summed E-state index contributed by atoms with van der Waals surface area (Å²) in [5.41, 5.74) is 7.78. The molecular weight excluding hydrogens is 264 g/mol. The molecule has 0 radical (unpaired) electrons. The Labute approximate surface area is 112 Å². The molecule has 3 N–H and O–H groups in total. The van der Waals surface area contributed by atoms with Gasteiger partial charge in [0.15, 0.2) is 0 Å². The van der Waals surface area contributed by atoms with Gasteiger partial charge in [0.25, 0.3) is 10.0 Å². The third-order valence-electron chi connectivity index (χ3n) is 2.95. The lowest BCUT2D eigenvalue weighted by Gasteiger charge is -2.10. The Bertz CT molecular complexity index is 719. The molecule has 1 aromatic carbocycles. The van der Waals surface area contributed by atoms with Crippen molar-refractivity contribution in [3.63, 3.8) is 0 Å². The van der Waals surface area contributed by atoms with E-state index in [2.05, 4.69) is 9.82 Å². The highest BCUT2D eigenvalue weighted by atomic mass is 32.2. The van der Waals surface area contributed by atoms with Gasteiger partial charge in [-0.15, -0.1) is 0 Å². The lowest BCUT2D eigenvalue weighted by atomic mass is 10.3. The second-order valence-electron chi connectivity index (χ2n) is 4.31. The number of nitrogens with one attached hydrogen (secondary N) is 1. The van der Waals surface area contributed by atoms with E-state index in [-0.39, 0.29) is 10.6 Å². The second-order valence-corrected chi connectivity index (χ2v) is 5.96. The Hall–Kier alpha value is -2.02. The average Bonchev–Trinajstić information content (AvgIpc) is 2.56. The maximum atomic E-state index is 12.3. The fraction of sp³-hybridized carbons (Fsp3) is 0.250. The number of nitrogens with two attached hydrogens (primary N) is 1. The number of benzene rings is 1. The summed E-state index contributed by atoms with van der Waals surface area (Å²) in [6.07, 6.45) is 0. The van der Waals surface area contributed by atoms with Crippen LogP contribution in [-0.2, 0) is 17.1 Å². The highest BCUT2D eigenvalue weighted by Gasteiger charge is 2.20. The molecule has 0 amide bonds. The number of sulfonamides is 1. The molecule has 102 valence electrons. The highest BCUT2D eigenvalue weighted by molar-refractivity contribution is 7.92. The van der Waals surface area contributed by atoms with Crippen molar-refractivity contribution in [2.45, 2.75) is 18.7 Å². The van der Waals surface area contributed by atoms with Gasteiger partial charge in [-0.25, -0.2) is 8.42 Å². The number of para-hydroxylation sites is 1. The van der Waals surface area contributed by atoms with Crippen molar-refractivity contribution in [3.05, 3.63) is 35.7 Å². The van der Waals surface area contributed by atoms with E-state index >= 15 is 0 Å². The average molecular weight is 280 g/mol. The topological polar surface area (TPSA) is 90.0 Å². The Balaban J connectivity index is 2.46. The summed E-state index contributed by atoms with van der Waals surface area (Å²) < 4.78 is 28.8. The van der Waals surface area contributed by atoms with E-state index < -0.39 is 10.0 Å². The fourth-order valence-corrected chi connectivity index (χ4v) is 3.15. The number of hydrogen-bond donors (Lipinski definition) is 2. The third kappa shape index (κ3) is 2.41. The molecule has 7 heteroatoms.